The first-order valence-electron chi connectivity index (χ1n) is 13.9. The number of nitrogens with zero attached hydrogens (tertiary/aromatic N) is 2. The van der Waals surface area contributed by atoms with Crippen molar-refractivity contribution in [3.63, 3.8) is 0 Å². The predicted molar refractivity (Wildman–Crippen MR) is 159 cm³/mol. The smallest absolute Gasteiger partial charge is 0.406 e. The molecule has 3 aromatic carbocycles. The quantitative estimate of drug-likeness (QED) is 0.203. The van der Waals surface area contributed by atoms with E-state index in [0.717, 1.165) is 11.3 Å². The first-order chi connectivity index (χ1) is 21.1. The number of hydrogen-bond donors (Lipinski definition) is 3. The second kappa shape index (κ2) is 15.1. The molecule has 0 spiro atoms. The lowest BCUT2D eigenvalue weighted by atomic mass is 10.00. The first kappa shape index (κ1) is 32.2. The molecular formula is C33H33F3N4O4. The summed E-state index contributed by atoms with van der Waals surface area (Å²) in [6.45, 7) is 0.501. The zero-order valence-corrected chi connectivity index (χ0v) is 24.0. The molecule has 2 amide bonds. The van der Waals surface area contributed by atoms with Crippen molar-refractivity contribution in [1.82, 2.24) is 20.5 Å². The highest BCUT2D eigenvalue weighted by Gasteiger charge is 2.31. The zero-order valence-electron chi connectivity index (χ0n) is 24.0. The van der Waals surface area contributed by atoms with Gasteiger partial charge in [0.05, 0.1) is 24.4 Å². The third-order valence-electron chi connectivity index (χ3n) is 6.74. The predicted octanol–water partition coefficient (Wildman–Crippen LogP) is 4.74. The molecule has 0 aliphatic carbocycles. The van der Waals surface area contributed by atoms with Gasteiger partial charge in [-0.2, -0.15) is 0 Å². The lowest BCUT2D eigenvalue weighted by molar-refractivity contribution is -0.274. The van der Waals surface area contributed by atoms with Gasteiger partial charge in [-0.1, -0.05) is 54.6 Å². The van der Waals surface area contributed by atoms with Crippen LogP contribution in [0.4, 0.5) is 13.2 Å². The average molecular weight is 607 g/mol. The third-order valence-corrected chi connectivity index (χ3v) is 6.74. The van der Waals surface area contributed by atoms with Gasteiger partial charge in [0, 0.05) is 37.5 Å². The summed E-state index contributed by atoms with van der Waals surface area (Å²) in [5, 5.41) is 17.0. The van der Waals surface area contributed by atoms with E-state index in [1.165, 1.54) is 29.2 Å². The first-order valence-corrected chi connectivity index (χ1v) is 13.9. The fourth-order valence-electron chi connectivity index (χ4n) is 4.58. The summed E-state index contributed by atoms with van der Waals surface area (Å²) in [6, 6.07) is 25.9. The lowest BCUT2D eigenvalue weighted by Crippen LogP contribution is -2.48. The number of benzene rings is 3. The molecule has 0 fully saturated rings. The van der Waals surface area contributed by atoms with Crippen LogP contribution in [0.25, 0.3) is 0 Å². The van der Waals surface area contributed by atoms with Crippen LogP contribution in [-0.2, 0) is 19.5 Å². The minimum atomic E-state index is -4.80. The highest BCUT2D eigenvalue weighted by molar-refractivity contribution is 5.99. The number of pyridine rings is 1. The number of aromatic nitrogens is 1. The van der Waals surface area contributed by atoms with Gasteiger partial charge in [0.2, 0.25) is 0 Å². The molecular weight excluding hydrogens is 573 g/mol. The third kappa shape index (κ3) is 9.92. The van der Waals surface area contributed by atoms with Crippen molar-refractivity contribution in [2.75, 3.05) is 13.6 Å². The van der Waals surface area contributed by atoms with Gasteiger partial charge < -0.3 is 25.4 Å². The Hall–Kier alpha value is -4.74. The Balaban J connectivity index is 1.41. The van der Waals surface area contributed by atoms with Gasteiger partial charge in [-0.3, -0.25) is 14.6 Å². The van der Waals surface area contributed by atoms with Crippen LogP contribution in [0.5, 0.6) is 5.75 Å². The molecule has 0 bridgehead atoms. The number of halogens is 3. The molecule has 1 heterocycles. The largest absolute Gasteiger partial charge is 0.573 e. The topological polar surface area (TPSA) is 104 Å². The fraction of sp³-hybridized carbons (Fsp3) is 0.242. The lowest BCUT2D eigenvalue weighted by Gasteiger charge is -2.25. The maximum atomic E-state index is 13.3. The summed E-state index contributed by atoms with van der Waals surface area (Å²) >= 11 is 0. The maximum absolute atomic E-state index is 13.3. The van der Waals surface area contributed by atoms with Gasteiger partial charge in [-0.15, -0.1) is 13.2 Å². The average Bonchev–Trinajstić information content (AvgIpc) is 3.00. The van der Waals surface area contributed by atoms with Crippen LogP contribution in [0.3, 0.4) is 0 Å². The molecule has 0 radical (unpaired) electrons. The van der Waals surface area contributed by atoms with E-state index in [1.807, 2.05) is 42.5 Å². The van der Waals surface area contributed by atoms with Gasteiger partial charge in [0.1, 0.15) is 5.75 Å². The number of alkyl halides is 3. The van der Waals surface area contributed by atoms with Crippen LogP contribution in [0.1, 0.15) is 37.5 Å². The van der Waals surface area contributed by atoms with Gasteiger partial charge in [0.15, 0.2) is 0 Å². The molecule has 0 saturated carbocycles. The molecule has 0 aliphatic rings. The summed E-state index contributed by atoms with van der Waals surface area (Å²) in [6.07, 6.45) is -3.88. The molecule has 2 atom stereocenters. The van der Waals surface area contributed by atoms with E-state index >= 15 is 0 Å². The van der Waals surface area contributed by atoms with E-state index in [-0.39, 0.29) is 30.3 Å². The number of amides is 2. The van der Waals surface area contributed by atoms with Crippen LogP contribution >= 0.6 is 0 Å². The molecule has 4 aromatic rings. The molecule has 0 unspecified atom stereocenters. The molecule has 44 heavy (non-hydrogen) atoms. The normalized spacial score (nSPS) is 12.7. The number of hydrogen-bond acceptors (Lipinski definition) is 6. The number of rotatable bonds is 13. The van der Waals surface area contributed by atoms with Crippen LogP contribution in [0, 0.1) is 0 Å². The van der Waals surface area contributed by atoms with Crippen molar-refractivity contribution >= 4 is 11.8 Å². The van der Waals surface area contributed by atoms with E-state index in [0.29, 0.717) is 24.1 Å². The van der Waals surface area contributed by atoms with Crippen LogP contribution in [0.2, 0.25) is 0 Å². The number of nitrogens with one attached hydrogen (secondary N) is 2. The highest BCUT2D eigenvalue weighted by atomic mass is 19.4. The standard InChI is InChI=1S/C33H33F3N4O4/c1-40(22-27-14-5-6-16-38-27)32(43)26-13-8-12-25(19-26)31(42)39-29(18-23-9-3-2-4-10-23)30(41)21-37-20-24-11-7-15-28(17-24)44-33(34,35)36/h2-17,19,29-30,37,41H,18,20-22H2,1H3,(H,39,42)/t29-,30+/m0/s1. The highest BCUT2D eigenvalue weighted by Crippen LogP contribution is 2.23. The minimum absolute atomic E-state index is 0.0407. The molecule has 230 valence electrons. The van der Waals surface area contributed by atoms with E-state index in [4.69, 9.17) is 0 Å². The van der Waals surface area contributed by atoms with Gasteiger partial charge in [0.25, 0.3) is 11.8 Å². The van der Waals surface area contributed by atoms with Crippen LogP contribution in [0.15, 0.2) is 103 Å². The molecule has 3 N–H and O–H groups in total. The Morgan fingerprint density at radius 2 is 1.61 bits per heavy atom. The van der Waals surface area contributed by atoms with Gasteiger partial charge in [-0.25, -0.2) is 0 Å². The Labute approximate surface area is 253 Å². The number of carbonyl (C=O) groups excluding carboxylic acids is 2. The summed E-state index contributed by atoms with van der Waals surface area (Å²) in [5.41, 5.74) is 2.72. The van der Waals surface area contributed by atoms with E-state index in [9.17, 15) is 27.9 Å². The zero-order chi connectivity index (χ0) is 31.5. The SMILES string of the molecule is CN(Cc1ccccn1)C(=O)c1cccc(C(=O)N[C@@H](Cc2ccccc2)[C@H](O)CNCc2cccc(OC(F)(F)F)c2)c1. The molecule has 4 rings (SSSR count). The van der Waals surface area contributed by atoms with Gasteiger partial charge >= 0.3 is 6.36 Å². The van der Waals surface area contributed by atoms with Gasteiger partial charge in [-0.05, 0) is 60.0 Å². The summed E-state index contributed by atoms with van der Waals surface area (Å²) in [7, 11) is 1.66. The van der Waals surface area contributed by atoms with Crippen LogP contribution in [-0.4, -0.2) is 58.9 Å². The monoisotopic (exact) mass is 606 g/mol. The van der Waals surface area contributed by atoms with Crippen LogP contribution < -0.4 is 15.4 Å². The van der Waals surface area contributed by atoms with Crippen molar-refractivity contribution < 1.29 is 32.6 Å². The number of aliphatic hydroxyl groups excluding tert-OH is 1. The second-order valence-electron chi connectivity index (χ2n) is 10.2. The van der Waals surface area contributed by atoms with E-state index in [2.05, 4.69) is 20.4 Å². The number of carbonyl (C=O) groups is 2. The van der Waals surface area contributed by atoms with Crippen molar-refractivity contribution in [3.8, 4) is 5.75 Å². The van der Waals surface area contributed by atoms with Crippen molar-refractivity contribution in [3.05, 3.63) is 131 Å². The fourth-order valence-corrected chi connectivity index (χ4v) is 4.58. The van der Waals surface area contributed by atoms with Crippen molar-refractivity contribution in [1.29, 1.82) is 0 Å². The molecule has 8 nitrogen and oxygen atoms in total. The Bertz CT molecular complexity index is 1520. The Morgan fingerprint density at radius 3 is 2.34 bits per heavy atom. The van der Waals surface area contributed by atoms with E-state index in [1.54, 1.807) is 43.6 Å². The number of aliphatic hydroxyl groups is 1. The number of ether oxygens (including phenoxy) is 1. The summed E-state index contributed by atoms with van der Waals surface area (Å²) in [5.74, 6) is -1.08. The Kier molecular flexibility index (Phi) is 11.1. The summed E-state index contributed by atoms with van der Waals surface area (Å²) < 4.78 is 41.7. The minimum Gasteiger partial charge on any atom is -0.406 e. The summed E-state index contributed by atoms with van der Waals surface area (Å²) in [4.78, 5) is 32.2. The van der Waals surface area contributed by atoms with Crippen molar-refractivity contribution in [2.24, 2.45) is 0 Å². The maximum Gasteiger partial charge on any atom is 0.573 e. The van der Waals surface area contributed by atoms with Crippen molar-refractivity contribution in [2.45, 2.75) is 38.0 Å². The molecule has 0 aliphatic heterocycles. The Morgan fingerprint density at radius 1 is 0.909 bits per heavy atom. The van der Waals surface area contributed by atoms with E-state index < -0.39 is 24.4 Å². The second-order valence-corrected chi connectivity index (χ2v) is 10.2. The molecule has 11 heteroatoms. The molecule has 1 aromatic heterocycles. The molecule has 0 saturated heterocycles.